The number of carbonyl (C=O) groups excluding carboxylic acids is 1. The summed E-state index contributed by atoms with van der Waals surface area (Å²) in [6.45, 7) is 13.4. The molecule has 1 fully saturated rings. The Morgan fingerprint density at radius 3 is 2.73 bits per heavy atom. The van der Waals surface area contributed by atoms with Crippen LogP contribution in [-0.4, -0.2) is 52.1 Å². The van der Waals surface area contributed by atoms with Crippen LogP contribution < -0.4 is 5.32 Å². The van der Waals surface area contributed by atoms with Crippen LogP contribution >= 0.6 is 0 Å². The van der Waals surface area contributed by atoms with E-state index >= 15 is 0 Å². The first-order chi connectivity index (χ1) is 14.2. The molecule has 2 atom stereocenters. The van der Waals surface area contributed by atoms with E-state index in [2.05, 4.69) is 59.2 Å². The zero-order valence-electron chi connectivity index (χ0n) is 19.0. The minimum atomic E-state index is -0.466. The van der Waals surface area contributed by atoms with Crippen LogP contribution in [0.4, 0.5) is 4.79 Å². The van der Waals surface area contributed by atoms with Gasteiger partial charge in [0.1, 0.15) is 5.60 Å². The molecule has 0 saturated carbocycles. The highest BCUT2D eigenvalue weighted by molar-refractivity contribution is 5.67. The molecule has 2 aromatic rings. The predicted octanol–water partition coefficient (Wildman–Crippen LogP) is 4.33. The molecule has 1 amide bonds. The minimum Gasteiger partial charge on any atom is -0.444 e. The van der Waals surface area contributed by atoms with E-state index in [1.807, 2.05) is 26.8 Å². The van der Waals surface area contributed by atoms with Gasteiger partial charge < -0.3 is 10.1 Å². The van der Waals surface area contributed by atoms with Gasteiger partial charge in [-0.1, -0.05) is 37.3 Å². The number of amides is 1. The number of rotatable bonds is 7. The number of aryl methyl sites for hydroxylation is 1. The van der Waals surface area contributed by atoms with Crippen LogP contribution in [0.25, 0.3) is 0 Å². The molecule has 0 spiro atoms. The Morgan fingerprint density at radius 1 is 1.30 bits per heavy atom. The van der Waals surface area contributed by atoms with Crippen LogP contribution in [-0.2, 0) is 11.3 Å². The largest absolute Gasteiger partial charge is 0.444 e. The fourth-order valence-electron chi connectivity index (χ4n) is 4.35. The van der Waals surface area contributed by atoms with Crippen molar-refractivity contribution in [1.82, 2.24) is 20.0 Å². The van der Waals surface area contributed by atoms with Gasteiger partial charge in [-0.05, 0) is 64.1 Å². The van der Waals surface area contributed by atoms with Crippen molar-refractivity contribution in [3.8, 4) is 0 Å². The molecule has 2 heterocycles. The Morgan fingerprint density at radius 2 is 2.03 bits per heavy atom. The number of hydrogen-bond donors (Lipinski definition) is 1. The lowest BCUT2D eigenvalue weighted by Crippen LogP contribution is -2.41. The average Bonchev–Trinajstić information content (AvgIpc) is 3.27. The van der Waals surface area contributed by atoms with Crippen molar-refractivity contribution >= 4 is 6.09 Å². The molecule has 164 valence electrons. The number of nitrogens with one attached hydrogen (secondary N) is 1. The molecule has 0 bridgehead atoms. The summed E-state index contributed by atoms with van der Waals surface area (Å²) in [5, 5.41) is 7.66. The van der Waals surface area contributed by atoms with Gasteiger partial charge in [-0.2, -0.15) is 5.10 Å². The number of ether oxygens (including phenoxy) is 1. The van der Waals surface area contributed by atoms with Gasteiger partial charge in [0, 0.05) is 25.3 Å². The van der Waals surface area contributed by atoms with Crippen LogP contribution in [0.2, 0.25) is 0 Å². The average molecular weight is 413 g/mol. The van der Waals surface area contributed by atoms with Gasteiger partial charge in [0.25, 0.3) is 0 Å². The number of likely N-dealkylation sites (tertiary alicyclic amines) is 1. The lowest BCUT2D eigenvalue weighted by Gasteiger charge is -2.29. The fraction of sp³-hybridized carbons (Fsp3) is 0.583. The molecule has 1 aliphatic rings. The van der Waals surface area contributed by atoms with Crippen LogP contribution in [0.3, 0.4) is 0 Å². The Kier molecular flexibility index (Phi) is 7.19. The van der Waals surface area contributed by atoms with Gasteiger partial charge in [0.15, 0.2) is 0 Å². The number of aromatic nitrogens is 2. The zero-order chi connectivity index (χ0) is 21.7. The monoisotopic (exact) mass is 412 g/mol. The smallest absolute Gasteiger partial charge is 0.407 e. The van der Waals surface area contributed by atoms with Crippen molar-refractivity contribution in [2.75, 3.05) is 19.6 Å². The van der Waals surface area contributed by atoms with E-state index in [0.29, 0.717) is 18.5 Å². The maximum atomic E-state index is 11.9. The molecule has 1 aromatic heterocycles. The predicted molar refractivity (Wildman–Crippen MR) is 120 cm³/mol. The molecule has 0 aliphatic carbocycles. The summed E-state index contributed by atoms with van der Waals surface area (Å²) >= 11 is 0. The van der Waals surface area contributed by atoms with Gasteiger partial charge in [-0.15, -0.1) is 0 Å². The standard InChI is InChI=1S/C24H36N4O2/c1-18(21-17-28(26-19(21)2)16-20-10-7-6-8-11-20)22-12-9-14-27(22)15-13-25-23(29)30-24(3,4)5/h6-8,10-11,17-18,22H,9,12-16H2,1-5H3,(H,25,29)/t18-,22+/m1/s1. The Hall–Kier alpha value is -2.34. The molecule has 1 aromatic carbocycles. The number of benzene rings is 1. The molecule has 1 saturated heterocycles. The van der Waals surface area contributed by atoms with Crippen LogP contribution in [0.15, 0.2) is 36.5 Å². The summed E-state index contributed by atoms with van der Waals surface area (Å²) in [6.07, 6.45) is 4.24. The second kappa shape index (κ2) is 9.65. The third kappa shape index (κ3) is 6.08. The highest BCUT2D eigenvalue weighted by Crippen LogP contribution is 2.32. The molecular formula is C24H36N4O2. The number of nitrogens with zero attached hydrogens (tertiary/aromatic N) is 3. The summed E-state index contributed by atoms with van der Waals surface area (Å²) in [7, 11) is 0. The first-order valence-electron chi connectivity index (χ1n) is 11.0. The van der Waals surface area contributed by atoms with Gasteiger partial charge in [-0.3, -0.25) is 9.58 Å². The molecule has 6 heteroatoms. The third-order valence-electron chi connectivity index (χ3n) is 5.72. The minimum absolute atomic E-state index is 0.343. The van der Waals surface area contributed by atoms with Crippen LogP contribution in [0.1, 0.15) is 63.3 Å². The van der Waals surface area contributed by atoms with Crippen molar-refractivity contribution in [2.24, 2.45) is 0 Å². The van der Waals surface area contributed by atoms with Crippen molar-refractivity contribution in [3.63, 3.8) is 0 Å². The van der Waals surface area contributed by atoms with E-state index in [1.165, 1.54) is 24.0 Å². The topological polar surface area (TPSA) is 59.4 Å². The third-order valence-corrected chi connectivity index (χ3v) is 5.72. The second-order valence-electron chi connectivity index (χ2n) is 9.32. The Balaban J connectivity index is 1.57. The number of alkyl carbamates (subject to hydrolysis) is 1. The molecule has 1 N–H and O–H groups in total. The fourth-order valence-corrected chi connectivity index (χ4v) is 4.35. The maximum Gasteiger partial charge on any atom is 0.407 e. The summed E-state index contributed by atoms with van der Waals surface area (Å²) in [4.78, 5) is 14.4. The van der Waals surface area contributed by atoms with E-state index in [1.54, 1.807) is 0 Å². The highest BCUT2D eigenvalue weighted by Gasteiger charge is 2.31. The van der Waals surface area contributed by atoms with Gasteiger partial charge in [0.05, 0.1) is 12.2 Å². The molecule has 3 rings (SSSR count). The van der Waals surface area contributed by atoms with Gasteiger partial charge in [0.2, 0.25) is 0 Å². The van der Waals surface area contributed by atoms with Crippen molar-refractivity contribution in [2.45, 2.75) is 71.6 Å². The van der Waals surface area contributed by atoms with Gasteiger partial charge in [-0.25, -0.2) is 4.79 Å². The zero-order valence-corrected chi connectivity index (χ0v) is 19.0. The number of hydrogen-bond acceptors (Lipinski definition) is 4. The van der Waals surface area contributed by atoms with E-state index in [-0.39, 0.29) is 6.09 Å². The van der Waals surface area contributed by atoms with E-state index in [9.17, 15) is 4.79 Å². The lowest BCUT2D eigenvalue weighted by molar-refractivity contribution is 0.0520. The Labute approximate surface area is 180 Å². The molecule has 30 heavy (non-hydrogen) atoms. The van der Waals surface area contributed by atoms with Crippen molar-refractivity contribution in [3.05, 3.63) is 53.3 Å². The lowest BCUT2D eigenvalue weighted by atomic mass is 9.92. The highest BCUT2D eigenvalue weighted by atomic mass is 16.6. The summed E-state index contributed by atoms with van der Waals surface area (Å²) in [5.41, 5.74) is 3.22. The van der Waals surface area contributed by atoms with Gasteiger partial charge >= 0.3 is 6.09 Å². The van der Waals surface area contributed by atoms with E-state index in [0.717, 1.165) is 25.3 Å². The summed E-state index contributed by atoms with van der Waals surface area (Å²) in [6, 6.07) is 10.9. The van der Waals surface area contributed by atoms with Crippen molar-refractivity contribution < 1.29 is 9.53 Å². The SMILES string of the molecule is Cc1nn(Cc2ccccc2)cc1[C@@H](C)[C@@H]1CCCN1CCNC(=O)OC(C)(C)C. The van der Waals surface area contributed by atoms with Crippen LogP contribution in [0.5, 0.6) is 0 Å². The van der Waals surface area contributed by atoms with Crippen molar-refractivity contribution in [1.29, 1.82) is 0 Å². The Bertz CT molecular complexity index is 825. The maximum absolute atomic E-state index is 11.9. The second-order valence-corrected chi connectivity index (χ2v) is 9.32. The molecular weight excluding hydrogens is 376 g/mol. The summed E-state index contributed by atoms with van der Waals surface area (Å²) in [5.74, 6) is 0.401. The molecule has 1 aliphatic heterocycles. The normalized spacial score (nSPS) is 18.4. The molecule has 0 unspecified atom stereocenters. The van der Waals surface area contributed by atoms with E-state index in [4.69, 9.17) is 9.84 Å². The van der Waals surface area contributed by atoms with Crippen LogP contribution in [0, 0.1) is 6.92 Å². The molecule has 6 nitrogen and oxygen atoms in total. The van der Waals surface area contributed by atoms with E-state index < -0.39 is 5.60 Å². The first kappa shape index (κ1) is 22.3. The summed E-state index contributed by atoms with van der Waals surface area (Å²) < 4.78 is 7.39. The number of carbonyl (C=O) groups is 1. The molecule has 0 radical (unpaired) electrons. The first-order valence-corrected chi connectivity index (χ1v) is 11.0. The quantitative estimate of drug-likeness (QED) is 0.735.